The molecule has 3 rings (SSSR count). The zero-order chi connectivity index (χ0) is 17.2. The zero-order valence-electron chi connectivity index (χ0n) is 15.2. The second-order valence-corrected chi connectivity index (χ2v) is 7.73. The van der Waals surface area contributed by atoms with Crippen molar-refractivity contribution in [3.8, 4) is 0 Å². The Morgan fingerprint density at radius 1 is 1.25 bits per heavy atom. The molecule has 1 atom stereocenters. The summed E-state index contributed by atoms with van der Waals surface area (Å²) in [5.74, 6) is 1.33. The van der Waals surface area contributed by atoms with E-state index < -0.39 is 0 Å². The van der Waals surface area contributed by atoms with E-state index >= 15 is 0 Å². The third-order valence-corrected chi connectivity index (χ3v) is 4.67. The fourth-order valence-electron chi connectivity index (χ4n) is 3.25. The molecule has 0 amide bonds. The summed E-state index contributed by atoms with van der Waals surface area (Å²) >= 11 is 0. The summed E-state index contributed by atoms with van der Waals surface area (Å²) in [5, 5.41) is 11.4. The quantitative estimate of drug-likeness (QED) is 0.909. The van der Waals surface area contributed by atoms with Crippen LogP contribution in [-0.2, 0) is 5.41 Å². The Bertz CT molecular complexity index is 674. The number of hydrogen-bond donors (Lipinski definition) is 1. The van der Waals surface area contributed by atoms with Crippen LogP contribution in [0.5, 0.6) is 0 Å². The van der Waals surface area contributed by atoms with Gasteiger partial charge in [0, 0.05) is 25.0 Å². The third-order valence-electron chi connectivity index (χ3n) is 4.67. The van der Waals surface area contributed by atoms with E-state index in [9.17, 15) is 0 Å². The predicted molar refractivity (Wildman–Crippen MR) is 96.5 cm³/mol. The van der Waals surface area contributed by atoms with E-state index in [0.717, 1.165) is 26.2 Å². The number of likely N-dealkylation sites (tertiary alicyclic amines) is 1. The van der Waals surface area contributed by atoms with Crippen molar-refractivity contribution in [2.45, 2.75) is 45.4 Å². The summed E-state index contributed by atoms with van der Waals surface area (Å²) < 4.78 is 5.67. The number of nitrogens with one attached hydrogen (secondary N) is 1. The van der Waals surface area contributed by atoms with Gasteiger partial charge in [-0.1, -0.05) is 50.1 Å². The van der Waals surface area contributed by atoms with Crippen molar-refractivity contribution in [3.05, 3.63) is 41.3 Å². The highest BCUT2D eigenvalue weighted by molar-refractivity contribution is 5.30. The van der Waals surface area contributed by atoms with Crippen LogP contribution in [0.3, 0.4) is 0 Å². The van der Waals surface area contributed by atoms with Gasteiger partial charge >= 0.3 is 6.01 Å². The summed E-state index contributed by atoms with van der Waals surface area (Å²) in [6.07, 6.45) is 1.24. The van der Waals surface area contributed by atoms with Gasteiger partial charge in [0.15, 0.2) is 0 Å². The van der Waals surface area contributed by atoms with Crippen LogP contribution in [-0.4, -0.2) is 41.3 Å². The highest BCUT2D eigenvalue weighted by Gasteiger charge is 2.25. The minimum atomic E-state index is -0.108. The molecule has 24 heavy (non-hydrogen) atoms. The van der Waals surface area contributed by atoms with Crippen molar-refractivity contribution in [1.29, 1.82) is 0 Å². The Morgan fingerprint density at radius 3 is 2.75 bits per heavy atom. The first-order valence-electron chi connectivity index (χ1n) is 8.79. The lowest BCUT2D eigenvalue weighted by molar-refractivity contribution is 0.345. The van der Waals surface area contributed by atoms with Crippen molar-refractivity contribution in [1.82, 2.24) is 15.1 Å². The Morgan fingerprint density at radius 2 is 2.04 bits per heavy atom. The van der Waals surface area contributed by atoms with Gasteiger partial charge in [-0.25, -0.2) is 0 Å². The molecule has 2 aromatic rings. The van der Waals surface area contributed by atoms with E-state index in [2.05, 4.69) is 72.4 Å². The molecule has 0 spiro atoms. The lowest BCUT2D eigenvalue weighted by atomic mass is 9.94. The zero-order valence-corrected chi connectivity index (χ0v) is 15.2. The molecule has 0 saturated carbocycles. The number of anilines is 1. The fourth-order valence-corrected chi connectivity index (χ4v) is 3.25. The van der Waals surface area contributed by atoms with Gasteiger partial charge in [0.05, 0.1) is 0 Å². The highest BCUT2D eigenvalue weighted by Crippen LogP contribution is 2.29. The second-order valence-electron chi connectivity index (χ2n) is 7.73. The lowest BCUT2D eigenvalue weighted by Gasteiger charge is -2.17. The first kappa shape index (κ1) is 17.0. The van der Waals surface area contributed by atoms with Gasteiger partial charge in [0.25, 0.3) is 0 Å². The molecule has 0 aliphatic carbocycles. The Balaban J connectivity index is 1.47. The smallest absolute Gasteiger partial charge is 0.315 e. The number of nitrogens with zero attached hydrogens (tertiary/aromatic N) is 3. The fraction of sp³-hybridized carbons (Fsp3) is 0.579. The molecule has 130 valence electrons. The van der Waals surface area contributed by atoms with Gasteiger partial charge in [-0.3, -0.25) is 0 Å². The monoisotopic (exact) mass is 328 g/mol. The molecule has 0 bridgehead atoms. The van der Waals surface area contributed by atoms with E-state index in [4.69, 9.17) is 4.42 Å². The second kappa shape index (κ2) is 6.93. The Kier molecular flexibility index (Phi) is 4.90. The molecule has 5 nitrogen and oxygen atoms in total. The van der Waals surface area contributed by atoms with E-state index in [1.54, 1.807) is 0 Å². The van der Waals surface area contributed by atoms with Crippen molar-refractivity contribution < 1.29 is 4.42 Å². The summed E-state index contributed by atoms with van der Waals surface area (Å²) in [5.41, 5.74) is 2.80. The van der Waals surface area contributed by atoms with Gasteiger partial charge < -0.3 is 14.6 Å². The molecule has 1 aliphatic heterocycles. The standard InChI is InChI=1S/C19H28N4O/c1-14-7-5-6-8-16(14)15-9-11-23(13-15)12-10-20-18-22-21-17(24-18)19(2,3)4/h5-8,15H,9-13H2,1-4H3,(H,20,22)/t15-/m1/s1. The van der Waals surface area contributed by atoms with E-state index in [1.165, 1.54) is 17.5 Å². The highest BCUT2D eigenvalue weighted by atomic mass is 16.4. The number of aryl methyl sites for hydroxylation is 1. The molecule has 0 unspecified atom stereocenters. The molecule has 1 aromatic heterocycles. The minimum Gasteiger partial charge on any atom is -0.408 e. The van der Waals surface area contributed by atoms with Crippen molar-refractivity contribution in [2.75, 3.05) is 31.5 Å². The van der Waals surface area contributed by atoms with Crippen LogP contribution in [0, 0.1) is 6.92 Å². The summed E-state index contributed by atoms with van der Waals surface area (Å²) in [6.45, 7) is 12.5. The van der Waals surface area contributed by atoms with E-state index in [0.29, 0.717) is 17.8 Å². The largest absolute Gasteiger partial charge is 0.408 e. The lowest BCUT2D eigenvalue weighted by Crippen LogP contribution is -2.27. The van der Waals surface area contributed by atoms with Gasteiger partial charge in [-0.05, 0) is 36.9 Å². The van der Waals surface area contributed by atoms with Gasteiger partial charge in [0.2, 0.25) is 5.89 Å². The molecule has 1 aromatic carbocycles. The molecule has 5 heteroatoms. The van der Waals surface area contributed by atoms with Crippen LogP contribution in [0.25, 0.3) is 0 Å². The number of rotatable bonds is 5. The minimum absolute atomic E-state index is 0.108. The van der Waals surface area contributed by atoms with Crippen molar-refractivity contribution in [3.63, 3.8) is 0 Å². The number of hydrogen-bond acceptors (Lipinski definition) is 5. The summed E-state index contributed by atoms with van der Waals surface area (Å²) in [4.78, 5) is 2.51. The molecule has 0 radical (unpaired) electrons. The van der Waals surface area contributed by atoms with Gasteiger partial charge in [-0.15, -0.1) is 5.10 Å². The average molecular weight is 328 g/mol. The topological polar surface area (TPSA) is 54.2 Å². The number of aromatic nitrogens is 2. The van der Waals surface area contributed by atoms with E-state index in [-0.39, 0.29) is 5.41 Å². The van der Waals surface area contributed by atoms with Crippen LogP contribution in [0.4, 0.5) is 6.01 Å². The average Bonchev–Trinajstić information content (AvgIpc) is 3.17. The maximum atomic E-state index is 5.67. The predicted octanol–water partition coefficient (Wildman–Crippen LogP) is 3.58. The van der Waals surface area contributed by atoms with Gasteiger partial charge in [0.1, 0.15) is 0 Å². The molecule has 1 saturated heterocycles. The van der Waals surface area contributed by atoms with Crippen LogP contribution in [0.1, 0.15) is 50.1 Å². The maximum absolute atomic E-state index is 5.67. The van der Waals surface area contributed by atoms with Gasteiger partial charge in [-0.2, -0.15) is 0 Å². The SMILES string of the molecule is Cc1ccccc1[C@@H]1CCN(CCNc2nnc(C(C)(C)C)o2)C1. The van der Waals surface area contributed by atoms with Crippen molar-refractivity contribution in [2.24, 2.45) is 0 Å². The molecule has 1 aliphatic rings. The molecule has 1 fully saturated rings. The Hall–Kier alpha value is -1.88. The molecular weight excluding hydrogens is 300 g/mol. The summed E-state index contributed by atoms with van der Waals surface area (Å²) in [7, 11) is 0. The molecule has 2 heterocycles. The first-order chi connectivity index (χ1) is 11.4. The number of benzene rings is 1. The Labute approximate surface area is 144 Å². The van der Waals surface area contributed by atoms with Crippen LogP contribution in [0.15, 0.2) is 28.7 Å². The van der Waals surface area contributed by atoms with Crippen LogP contribution < -0.4 is 5.32 Å². The third kappa shape index (κ3) is 3.96. The van der Waals surface area contributed by atoms with E-state index in [1.807, 2.05) is 0 Å². The molecular formula is C19H28N4O. The summed E-state index contributed by atoms with van der Waals surface area (Å²) in [6, 6.07) is 9.27. The van der Waals surface area contributed by atoms with Crippen LogP contribution in [0.2, 0.25) is 0 Å². The van der Waals surface area contributed by atoms with Crippen LogP contribution >= 0.6 is 0 Å². The molecule has 1 N–H and O–H groups in total. The normalized spacial score (nSPS) is 18.9. The first-order valence-corrected chi connectivity index (χ1v) is 8.79. The van der Waals surface area contributed by atoms with Crippen molar-refractivity contribution >= 4 is 6.01 Å². The maximum Gasteiger partial charge on any atom is 0.315 e.